The van der Waals surface area contributed by atoms with Crippen LogP contribution in [0, 0.1) is 0 Å². The molecular weight excluding hydrogens is 194 g/mol. The summed E-state index contributed by atoms with van der Waals surface area (Å²) in [7, 11) is 0. The zero-order valence-corrected chi connectivity index (χ0v) is 12.7. The summed E-state index contributed by atoms with van der Waals surface area (Å²) in [6.07, 6.45) is 11.8. The summed E-state index contributed by atoms with van der Waals surface area (Å²) in [5.74, 6) is 0. The van der Waals surface area contributed by atoms with E-state index in [4.69, 9.17) is 0 Å². The van der Waals surface area contributed by atoms with E-state index in [0.717, 1.165) is 25.3 Å². The maximum Gasteiger partial charge on any atom is 1.00 e. The van der Waals surface area contributed by atoms with Crippen LogP contribution in [0.1, 0.15) is 0 Å². The van der Waals surface area contributed by atoms with Crippen molar-refractivity contribution in [3.05, 3.63) is 50.6 Å². The molecule has 0 aliphatic carbocycles. The van der Waals surface area contributed by atoms with E-state index in [2.05, 4.69) is 26.3 Å². The van der Waals surface area contributed by atoms with Crippen LogP contribution in [0.2, 0.25) is 25.3 Å². The molecule has 0 heterocycles. The Balaban J connectivity index is 0. The van der Waals surface area contributed by atoms with Crippen LogP contribution in [0.3, 0.4) is 0 Å². The molecule has 0 aromatic carbocycles. The van der Waals surface area contributed by atoms with Crippen molar-refractivity contribution < 1.29 is 51.4 Å². The fraction of sp³-hybridized carbons (Fsp3) is 0.333. The summed E-state index contributed by atoms with van der Waals surface area (Å²) in [5, 5.41) is 0. The SMILES string of the molecule is C=CC[B-](CC=C)(CC=C)CC=C.[K+]. The second kappa shape index (κ2) is 10.2. The van der Waals surface area contributed by atoms with E-state index in [1.54, 1.807) is 0 Å². The van der Waals surface area contributed by atoms with Crippen LogP contribution in [-0.2, 0) is 0 Å². The van der Waals surface area contributed by atoms with Gasteiger partial charge in [0.25, 0.3) is 0 Å². The minimum atomic E-state index is -0.444. The molecule has 0 bridgehead atoms. The van der Waals surface area contributed by atoms with Crippen molar-refractivity contribution >= 4 is 6.15 Å². The minimum absolute atomic E-state index is 0. The summed E-state index contributed by atoms with van der Waals surface area (Å²) in [5.41, 5.74) is 0. The van der Waals surface area contributed by atoms with Crippen LogP contribution >= 0.6 is 0 Å². The Labute approximate surface area is 132 Å². The van der Waals surface area contributed by atoms with Gasteiger partial charge in [0.2, 0.25) is 0 Å². The first-order valence-electron chi connectivity index (χ1n) is 4.90. The second-order valence-corrected chi connectivity index (χ2v) is 3.83. The van der Waals surface area contributed by atoms with Crippen LogP contribution in [0.25, 0.3) is 0 Å². The van der Waals surface area contributed by atoms with Crippen LogP contribution in [0.5, 0.6) is 0 Å². The summed E-state index contributed by atoms with van der Waals surface area (Å²) in [6.45, 7) is 15.2. The fourth-order valence-electron chi connectivity index (χ4n) is 1.99. The smallest absolute Gasteiger partial charge is 0.159 e. The molecule has 0 nitrogen and oxygen atoms in total. The van der Waals surface area contributed by atoms with Gasteiger partial charge >= 0.3 is 51.4 Å². The largest absolute Gasteiger partial charge is 1.00 e. The molecule has 0 saturated carbocycles. The predicted octanol–water partition coefficient (Wildman–Crippen LogP) is 1.18. The van der Waals surface area contributed by atoms with Gasteiger partial charge < -0.3 is 0 Å². The molecule has 0 unspecified atom stereocenters. The quantitative estimate of drug-likeness (QED) is 0.420. The Kier molecular flexibility index (Phi) is 12.4. The summed E-state index contributed by atoms with van der Waals surface area (Å²) < 4.78 is 0. The fourth-order valence-corrected chi connectivity index (χ4v) is 1.99. The third-order valence-corrected chi connectivity index (χ3v) is 2.67. The van der Waals surface area contributed by atoms with Crippen LogP contribution in [0.15, 0.2) is 50.6 Å². The van der Waals surface area contributed by atoms with Crippen molar-refractivity contribution in [2.24, 2.45) is 0 Å². The van der Waals surface area contributed by atoms with E-state index in [1.165, 1.54) is 0 Å². The molecule has 0 aliphatic heterocycles. The topological polar surface area (TPSA) is 0 Å². The van der Waals surface area contributed by atoms with Crippen molar-refractivity contribution in [1.29, 1.82) is 0 Å². The van der Waals surface area contributed by atoms with E-state index >= 15 is 0 Å². The Morgan fingerprint density at radius 1 is 0.643 bits per heavy atom. The molecule has 0 amide bonds. The summed E-state index contributed by atoms with van der Waals surface area (Å²) >= 11 is 0. The molecule has 0 aliphatic rings. The monoisotopic (exact) mass is 214 g/mol. The van der Waals surface area contributed by atoms with Crippen LogP contribution in [-0.4, -0.2) is 6.15 Å². The summed E-state index contributed by atoms with van der Waals surface area (Å²) in [4.78, 5) is 0. The van der Waals surface area contributed by atoms with Crippen molar-refractivity contribution in [2.45, 2.75) is 25.3 Å². The van der Waals surface area contributed by atoms with E-state index in [-0.39, 0.29) is 51.4 Å². The molecule has 0 aromatic heterocycles. The van der Waals surface area contributed by atoms with E-state index < -0.39 is 6.15 Å². The molecule has 72 valence electrons. The average Bonchev–Trinajstić information content (AvgIpc) is 2.06. The van der Waals surface area contributed by atoms with E-state index in [1.807, 2.05) is 24.3 Å². The van der Waals surface area contributed by atoms with E-state index in [0.29, 0.717) is 0 Å². The molecule has 0 atom stereocenters. The maximum atomic E-state index is 3.80. The zero-order valence-electron chi connectivity index (χ0n) is 9.54. The number of hydrogen-bond acceptors (Lipinski definition) is 0. The van der Waals surface area contributed by atoms with Gasteiger partial charge in [0, 0.05) is 6.15 Å². The molecule has 0 radical (unpaired) electrons. The van der Waals surface area contributed by atoms with Crippen molar-refractivity contribution in [2.75, 3.05) is 0 Å². The molecule has 0 spiro atoms. The molecular formula is C12H20BK. The minimum Gasteiger partial charge on any atom is -0.159 e. The second-order valence-electron chi connectivity index (χ2n) is 3.83. The first kappa shape index (κ1) is 17.1. The zero-order chi connectivity index (χ0) is 10.2. The third-order valence-electron chi connectivity index (χ3n) is 2.67. The van der Waals surface area contributed by atoms with Gasteiger partial charge in [-0.1, -0.05) is 0 Å². The Hall–Kier alpha value is 0.661. The van der Waals surface area contributed by atoms with Crippen molar-refractivity contribution in [3.8, 4) is 0 Å². The van der Waals surface area contributed by atoms with E-state index in [9.17, 15) is 0 Å². The molecule has 0 saturated heterocycles. The molecule has 0 N–H and O–H groups in total. The Bertz CT molecular complexity index is 151. The summed E-state index contributed by atoms with van der Waals surface area (Å²) in [6, 6.07) is 0. The standard InChI is InChI=1S/C12H20B.K/c1-5-9-13(10-6-2,11-7-3)12-8-4;/h5-8H,1-4,9-12H2;/q-1;+1. The Morgan fingerprint density at radius 2 is 0.857 bits per heavy atom. The van der Waals surface area contributed by atoms with Gasteiger partial charge in [-0.15, -0.1) is 50.6 Å². The average molecular weight is 214 g/mol. The number of hydrogen-bond donors (Lipinski definition) is 0. The van der Waals surface area contributed by atoms with Gasteiger partial charge in [-0.25, -0.2) is 0 Å². The molecule has 14 heavy (non-hydrogen) atoms. The maximum absolute atomic E-state index is 3.80. The van der Waals surface area contributed by atoms with Gasteiger partial charge in [0.1, 0.15) is 0 Å². The predicted molar refractivity (Wildman–Crippen MR) is 65.8 cm³/mol. The molecule has 0 rings (SSSR count). The first-order chi connectivity index (χ1) is 6.24. The van der Waals surface area contributed by atoms with Gasteiger partial charge in [0.15, 0.2) is 0 Å². The third kappa shape index (κ3) is 6.20. The normalized spacial score (nSPS) is 9.71. The van der Waals surface area contributed by atoms with Gasteiger partial charge in [-0.05, 0) is 0 Å². The molecule has 2 heteroatoms. The Morgan fingerprint density at radius 3 is 1.00 bits per heavy atom. The number of allylic oxidation sites excluding steroid dienone is 4. The molecule has 0 aromatic rings. The number of rotatable bonds is 8. The van der Waals surface area contributed by atoms with Gasteiger partial charge in [-0.3, -0.25) is 0 Å². The van der Waals surface area contributed by atoms with Crippen molar-refractivity contribution in [1.82, 2.24) is 0 Å². The van der Waals surface area contributed by atoms with Crippen molar-refractivity contribution in [3.63, 3.8) is 0 Å². The van der Waals surface area contributed by atoms with Crippen LogP contribution in [0.4, 0.5) is 0 Å². The van der Waals surface area contributed by atoms with Gasteiger partial charge in [0.05, 0.1) is 0 Å². The van der Waals surface area contributed by atoms with Gasteiger partial charge in [-0.2, -0.15) is 25.3 Å². The molecule has 0 fully saturated rings. The van der Waals surface area contributed by atoms with Crippen LogP contribution < -0.4 is 51.4 Å². The first-order valence-corrected chi connectivity index (χ1v) is 4.90.